The summed E-state index contributed by atoms with van der Waals surface area (Å²) in [6, 6.07) is 10.5. The summed E-state index contributed by atoms with van der Waals surface area (Å²) in [6.45, 7) is 0. The van der Waals surface area contributed by atoms with Gasteiger partial charge < -0.3 is 0 Å². The Bertz CT molecular complexity index is 138. The van der Waals surface area contributed by atoms with Crippen LogP contribution in [-0.2, 0) is 0 Å². The Kier molecular flexibility index (Phi) is 3.28. The van der Waals surface area contributed by atoms with Crippen LogP contribution in [0.2, 0.25) is 0 Å². The summed E-state index contributed by atoms with van der Waals surface area (Å²) in [6.07, 6.45) is 0. The molecule has 0 nitrogen and oxygen atoms in total. The summed E-state index contributed by atoms with van der Waals surface area (Å²) in [7, 11) is 1.17. The normalized spacial score (nSPS) is 8.00. The highest BCUT2D eigenvalue weighted by Gasteiger charge is 1.72. The Morgan fingerprint density at radius 2 is 1.50 bits per heavy atom. The molecule has 0 aliphatic carbocycles. The zero-order chi connectivity index (χ0) is 5.11. The lowest BCUT2D eigenvalue weighted by Gasteiger charge is -1.82. The quantitative estimate of drug-likeness (QED) is 0.396. The Morgan fingerprint density at radius 1 is 1.00 bits per heavy atom. The van der Waals surface area contributed by atoms with Gasteiger partial charge in [0.25, 0.3) is 0 Å². The molecule has 2 heteroatoms. The Balaban J connectivity index is 0.000000490. The fourth-order valence-electron chi connectivity index (χ4n) is 0.534. The van der Waals surface area contributed by atoms with Crippen LogP contribution in [0.25, 0.3) is 0 Å². The molecule has 0 unspecified atom stereocenters. The van der Waals surface area contributed by atoms with Crippen molar-refractivity contribution in [3.63, 3.8) is 0 Å². The molecule has 0 saturated carbocycles. The van der Waals surface area contributed by atoms with Gasteiger partial charge in [-0.3, -0.25) is 0 Å². The van der Waals surface area contributed by atoms with E-state index in [1.165, 1.54) is 15.4 Å². The van der Waals surface area contributed by atoms with E-state index in [1.54, 1.807) is 0 Å². The largest absolute Gasteiger partial charge is 0.0708 e. The third-order valence-electron chi connectivity index (χ3n) is 0.940. The van der Waals surface area contributed by atoms with E-state index in [1.807, 2.05) is 6.07 Å². The van der Waals surface area contributed by atoms with E-state index in [-0.39, 0.29) is 8.41 Å². The summed E-state index contributed by atoms with van der Waals surface area (Å²) in [5.74, 6) is 0. The van der Waals surface area contributed by atoms with E-state index in [0.29, 0.717) is 0 Å². The topological polar surface area (TPSA) is 0 Å². The second-order valence-electron chi connectivity index (χ2n) is 1.65. The standard InChI is InChI=1S/C6H8Si.B/c7-6-4-2-1-3-5-6;/h1-5H,7H3;. The minimum atomic E-state index is 0. The van der Waals surface area contributed by atoms with Crippen molar-refractivity contribution in [2.75, 3.05) is 0 Å². The molecule has 0 aliphatic heterocycles. The molecular weight excluding hydrogens is 111 g/mol. The van der Waals surface area contributed by atoms with E-state index >= 15 is 0 Å². The van der Waals surface area contributed by atoms with Crippen molar-refractivity contribution in [2.24, 2.45) is 0 Å². The number of hydrogen-bond donors (Lipinski definition) is 0. The smallest absolute Gasteiger partial charge is 0.0384 e. The van der Waals surface area contributed by atoms with Crippen molar-refractivity contribution in [3.8, 4) is 0 Å². The van der Waals surface area contributed by atoms with E-state index in [4.69, 9.17) is 0 Å². The van der Waals surface area contributed by atoms with Crippen LogP contribution in [-0.4, -0.2) is 18.7 Å². The number of hydrogen-bond acceptors (Lipinski definition) is 0. The maximum Gasteiger partial charge on any atom is 0.0384 e. The summed E-state index contributed by atoms with van der Waals surface area (Å²) < 4.78 is 0. The highest BCUT2D eigenvalue weighted by atomic mass is 28.1. The molecule has 0 fully saturated rings. The van der Waals surface area contributed by atoms with Crippen LogP contribution in [0.1, 0.15) is 0 Å². The zero-order valence-corrected chi connectivity index (χ0v) is 6.96. The first-order chi connectivity index (χ1) is 3.39. The molecule has 1 aromatic rings. The average molecular weight is 119 g/mol. The van der Waals surface area contributed by atoms with Gasteiger partial charge in [-0.05, 0) is 0 Å². The first-order valence-electron chi connectivity index (χ1n) is 2.41. The minimum Gasteiger partial charge on any atom is -0.0708 e. The van der Waals surface area contributed by atoms with Crippen molar-refractivity contribution in [3.05, 3.63) is 30.3 Å². The van der Waals surface area contributed by atoms with Crippen molar-refractivity contribution in [1.82, 2.24) is 0 Å². The van der Waals surface area contributed by atoms with Gasteiger partial charge in [0.2, 0.25) is 0 Å². The number of rotatable bonds is 0. The lowest BCUT2D eigenvalue weighted by Crippen LogP contribution is -1.97. The van der Waals surface area contributed by atoms with Crippen molar-refractivity contribution in [1.29, 1.82) is 0 Å². The molecule has 0 spiro atoms. The molecule has 39 valence electrons. The molecule has 8 heavy (non-hydrogen) atoms. The maximum absolute atomic E-state index is 2.15. The molecule has 1 aromatic carbocycles. The third kappa shape index (κ3) is 1.98. The van der Waals surface area contributed by atoms with Gasteiger partial charge in [0.05, 0.1) is 0 Å². The van der Waals surface area contributed by atoms with Crippen LogP contribution in [0.15, 0.2) is 30.3 Å². The van der Waals surface area contributed by atoms with E-state index < -0.39 is 0 Å². The van der Waals surface area contributed by atoms with Crippen LogP contribution in [0.4, 0.5) is 0 Å². The van der Waals surface area contributed by atoms with Crippen molar-refractivity contribution >= 4 is 23.8 Å². The SMILES string of the molecule is [B].[SiH3]c1ccccc1. The molecule has 0 bridgehead atoms. The van der Waals surface area contributed by atoms with Gasteiger partial charge in [-0.1, -0.05) is 35.5 Å². The van der Waals surface area contributed by atoms with Crippen LogP contribution in [0, 0.1) is 0 Å². The second kappa shape index (κ2) is 3.50. The van der Waals surface area contributed by atoms with E-state index in [2.05, 4.69) is 24.3 Å². The lowest BCUT2D eigenvalue weighted by molar-refractivity contribution is 1.78. The van der Waals surface area contributed by atoms with Crippen molar-refractivity contribution < 1.29 is 0 Å². The Morgan fingerprint density at radius 3 is 1.75 bits per heavy atom. The minimum absolute atomic E-state index is 0. The predicted octanol–water partition coefficient (Wildman–Crippen LogP) is -0.704. The molecule has 0 heterocycles. The molecule has 1 rings (SSSR count). The molecule has 0 aromatic heterocycles. The average Bonchev–Trinajstić information content (AvgIpc) is 1.69. The summed E-state index contributed by atoms with van der Waals surface area (Å²) in [4.78, 5) is 0. The fourth-order valence-corrected chi connectivity index (χ4v) is 0.919. The first-order valence-corrected chi connectivity index (χ1v) is 3.41. The molecule has 3 radical (unpaired) electrons. The lowest BCUT2D eigenvalue weighted by atomic mass is 10.4. The van der Waals surface area contributed by atoms with Crippen LogP contribution < -0.4 is 5.19 Å². The van der Waals surface area contributed by atoms with Crippen LogP contribution in [0.3, 0.4) is 0 Å². The number of benzene rings is 1. The highest BCUT2D eigenvalue weighted by molar-refractivity contribution is 6.32. The maximum atomic E-state index is 2.15. The monoisotopic (exact) mass is 119 g/mol. The molecule has 0 N–H and O–H groups in total. The molecule has 0 aliphatic rings. The molecule has 0 atom stereocenters. The molecule has 0 amide bonds. The predicted molar refractivity (Wildman–Crippen MR) is 41.8 cm³/mol. The van der Waals surface area contributed by atoms with Gasteiger partial charge in [0.15, 0.2) is 0 Å². The van der Waals surface area contributed by atoms with E-state index in [9.17, 15) is 0 Å². The summed E-state index contributed by atoms with van der Waals surface area (Å²) >= 11 is 0. The third-order valence-corrected chi connectivity index (χ3v) is 1.61. The fraction of sp³-hybridized carbons (Fsp3) is 0. The van der Waals surface area contributed by atoms with Crippen LogP contribution in [0.5, 0.6) is 0 Å². The molecule has 0 saturated heterocycles. The van der Waals surface area contributed by atoms with Gasteiger partial charge in [0.1, 0.15) is 0 Å². The summed E-state index contributed by atoms with van der Waals surface area (Å²) in [5, 5.41) is 1.46. The van der Waals surface area contributed by atoms with E-state index in [0.717, 1.165) is 0 Å². The van der Waals surface area contributed by atoms with Gasteiger partial charge in [-0.2, -0.15) is 0 Å². The Labute approximate surface area is 54.9 Å². The first kappa shape index (κ1) is 7.50. The van der Waals surface area contributed by atoms with Gasteiger partial charge in [0, 0.05) is 18.7 Å². The van der Waals surface area contributed by atoms with Gasteiger partial charge >= 0.3 is 0 Å². The van der Waals surface area contributed by atoms with Gasteiger partial charge in [-0.15, -0.1) is 0 Å². The highest BCUT2D eigenvalue weighted by Crippen LogP contribution is 1.76. The van der Waals surface area contributed by atoms with Crippen LogP contribution >= 0.6 is 0 Å². The summed E-state index contributed by atoms with van der Waals surface area (Å²) in [5.41, 5.74) is 0. The van der Waals surface area contributed by atoms with Gasteiger partial charge in [-0.25, -0.2) is 0 Å². The van der Waals surface area contributed by atoms with Crippen molar-refractivity contribution in [2.45, 2.75) is 0 Å². The molecular formula is C6H8BSi. The Hall–Kier alpha value is -0.498. The zero-order valence-electron chi connectivity index (χ0n) is 4.96. The second-order valence-corrected chi connectivity index (χ2v) is 2.81.